The maximum absolute atomic E-state index is 5.82. The summed E-state index contributed by atoms with van der Waals surface area (Å²) in [4.78, 5) is 2.10. The van der Waals surface area contributed by atoms with Gasteiger partial charge in [-0.05, 0) is 55.2 Å². The molecule has 2 heteroatoms. The van der Waals surface area contributed by atoms with E-state index in [0.717, 1.165) is 24.4 Å². The minimum Gasteiger partial charge on any atom is -0.462 e. The summed E-state index contributed by atoms with van der Waals surface area (Å²) >= 11 is 0. The van der Waals surface area contributed by atoms with Crippen LogP contribution in [0.4, 0.5) is 5.69 Å². The van der Waals surface area contributed by atoms with Gasteiger partial charge in [0.2, 0.25) is 0 Å². The molecular weight excluding hydrogens is 246 g/mol. The predicted octanol–water partition coefficient (Wildman–Crippen LogP) is 4.75. The van der Waals surface area contributed by atoms with Gasteiger partial charge in [0.25, 0.3) is 0 Å². The maximum Gasteiger partial charge on any atom is 0.123 e. The molecule has 106 valence electrons. The fourth-order valence-corrected chi connectivity index (χ4v) is 2.22. The molecule has 2 nitrogen and oxygen atoms in total. The van der Waals surface area contributed by atoms with Crippen molar-refractivity contribution in [2.45, 2.75) is 26.7 Å². The number of anilines is 1. The van der Waals surface area contributed by atoms with Crippen LogP contribution < -0.4 is 4.90 Å². The van der Waals surface area contributed by atoms with Crippen LogP contribution in [-0.2, 0) is 4.74 Å². The van der Waals surface area contributed by atoms with E-state index in [1.54, 1.807) is 0 Å². The Bertz CT molecular complexity index is 547. The number of ether oxygens (including phenoxy) is 1. The highest BCUT2D eigenvalue weighted by molar-refractivity contribution is 5.57. The monoisotopic (exact) mass is 269 g/mol. The van der Waals surface area contributed by atoms with Gasteiger partial charge in [-0.3, -0.25) is 0 Å². The van der Waals surface area contributed by atoms with Crippen molar-refractivity contribution in [3.63, 3.8) is 0 Å². The van der Waals surface area contributed by atoms with E-state index < -0.39 is 0 Å². The number of rotatable bonds is 4. The van der Waals surface area contributed by atoms with Gasteiger partial charge in [0.05, 0.1) is 0 Å². The first-order valence-electron chi connectivity index (χ1n) is 7.12. The fourth-order valence-electron chi connectivity index (χ4n) is 2.22. The molecule has 20 heavy (non-hydrogen) atoms. The Labute approximate surface area is 122 Å². The van der Waals surface area contributed by atoms with Crippen molar-refractivity contribution in [2.75, 3.05) is 19.0 Å². The summed E-state index contributed by atoms with van der Waals surface area (Å²) in [5.74, 6) is 1.99. The first-order valence-corrected chi connectivity index (χ1v) is 7.12. The second-order valence-electron chi connectivity index (χ2n) is 5.25. The average molecular weight is 269 g/mol. The number of nitrogens with zero attached hydrogens (tertiary/aromatic N) is 1. The lowest BCUT2D eigenvalue weighted by molar-refractivity contribution is 0.305. The molecule has 0 saturated heterocycles. The lowest BCUT2D eigenvalue weighted by Gasteiger charge is -2.16. The summed E-state index contributed by atoms with van der Waals surface area (Å²) in [6.07, 6.45) is 8.35. The second kappa shape index (κ2) is 6.47. The molecule has 0 radical (unpaired) electrons. The molecule has 0 unspecified atom stereocenters. The van der Waals surface area contributed by atoms with E-state index in [1.807, 2.05) is 27.1 Å². The Balaban J connectivity index is 2.02. The molecule has 0 aromatic heterocycles. The molecule has 1 aromatic rings. The smallest absolute Gasteiger partial charge is 0.123 e. The van der Waals surface area contributed by atoms with E-state index in [9.17, 15) is 0 Å². The van der Waals surface area contributed by atoms with Crippen molar-refractivity contribution in [1.82, 2.24) is 0 Å². The van der Waals surface area contributed by atoms with Gasteiger partial charge in [-0.25, -0.2) is 0 Å². The van der Waals surface area contributed by atoms with Crippen molar-refractivity contribution < 1.29 is 4.74 Å². The zero-order valence-electron chi connectivity index (χ0n) is 12.8. The van der Waals surface area contributed by atoms with Crippen molar-refractivity contribution in [3.05, 3.63) is 59.1 Å². The molecule has 0 saturated carbocycles. The quantitative estimate of drug-likeness (QED) is 0.781. The topological polar surface area (TPSA) is 12.5 Å². The minimum absolute atomic E-state index is 0.941. The van der Waals surface area contributed by atoms with E-state index in [0.29, 0.717) is 0 Å². The van der Waals surface area contributed by atoms with E-state index >= 15 is 0 Å². The predicted molar refractivity (Wildman–Crippen MR) is 86.6 cm³/mol. The molecule has 1 aliphatic heterocycles. The molecular formula is C18H23NO. The van der Waals surface area contributed by atoms with Crippen LogP contribution in [0.2, 0.25) is 0 Å². The standard InChI is InChI=1S/C18H23NO/c1-5-16-9-13-18(20-14(16)2)12-8-15-6-10-17(11-7-15)19(3)4/h6-8,10-13H,5,9H2,1-4H3. The van der Waals surface area contributed by atoms with Crippen LogP contribution >= 0.6 is 0 Å². The first kappa shape index (κ1) is 14.4. The highest BCUT2D eigenvalue weighted by atomic mass is 16.5. The molecule has 1 aliphatic rings. The van der Waals surface area contributed by atoms with Crippen LogP contribution in [0.25, 0.3) is 6.08 Å². The van der Waals surface area contributed by atoms with Crippen LogP contribution in [-0.4, -0.2) is 14.1 Å². The lowest BCUT2D eigenvalue weighted by Crippen LogP contribution is -2.07. The van der Waals surface area contributed by atoms with E-state index in [4.69, 9.17) is 4.74 Å². The summed E-state index contributed by atoms with van der Waals surface area (Å²) < 4.78 is 5.82. The second-order valence-corrected chi connectivity index (χ2v) is 5.25. The largest absolute Gasteiger partial charge is 0.462 e. The number of hydrogen-bond donors (Lipinski definition) is 0. The van der Waals surface area contributed by atoms with Crippen molar-refractivity contribution in [3.8, 4) is 0 Å². The Morgan fingerprint density at radius 2 is 1.85 bits per heavy atom. The van der Waals surface area contributed by atoms with Gasteiger partial charge in [-0.2, -0.15) is 0 Å². The van der Waals surface area contributed by atoms with Crippen LogP contribution in [0, 0.1) is 0 Å². The Morgan fingerprint density at radius 1 is 1.15 bits per heavy atom. The van der Waals surface area contributed by atoms with Gasteiger partial charge in [0, 0.05) is 19.8 Å². The summed E-state index contributed by atoms with van der Waals surface area (Å²) in [5.41, 5.74) is 3.78. The van der Waals surface area contributed by atoms with Crippen LogP contribution in [0.15, 0.2) is 53.5 Å². The molecule has 0 N–H and O–H groups in total. The maximum atomic E-state index is 5.82. The summed E-state index contributed by atoms with van der Waals surface area (Å²) in [6, 6.07) is 8.48. The molecule has 0 bridgehead atoms. The molecule has 0 atom stereocenters. The molecule has 0 fully saturated rings. The highest BCUT2D eigenvalue weighted by Crippen LogP contribution is 2.24. The number of hydrogen-bond acceptors (Lipinski definition) is 2. The third kappa shape index (κ3) is 3.53. The van der Waals surface area contributed by atoms with Gasteiger partial charge in [-0.1, -0.05) is 25.1 Å². The normalized spacial score (nSPS) is 15.3. The molecule has 0 aliphatic carbocycles. The zero-order chi connectivity index (χ0) is 14.5. The van der Waals surface area contributed by atoms with Crippen LogP contribution in [0.1, 0.15) is 32.3 Å². The Hall–Kier alpha value is -1.96. The number of benzene rings is 1. The van der Waals surface area contributed by atoms with E-state index in [1.165, 1.54) is 16.8 Å². The van der Waals surface area contributed by atoms with Crippen molar-refractivity contribution >= 4 is 11.8 Å². The van der Waals surface area contributed by atoms with E-state index in [2.05, 4.69) is 48.2 Å². The summed E-state index contributed by atoms with van der Waals surface area (Å²) in [6.45, 7) is 4.22. The summed E-state index contributed by atoms with van der Waals surface area (Å²) in [5, 5.41) is 0. The molecule has 2 rings (SSSR count). The lowest BCUT2D eigenvalue weighted by atomic mass is 10.1. The fraction of sp³-hybridized carbons (Fsp3) is 0.333. The Morgan fingerprint density at radius 3 is 2.40 bits per heavy atom. The molecule has 0 amide bonds. The number of allylic oxidation sites excluding steroid dienone is 4. The molecule has 1 aromatic carbocycles. The van der Waals surface area contributed by atoms with Crippen molar-refractivity contribution in [1.29, 1.82) is 0 Å². The van der Waals surface area contributed by atoms with Crippen molar-refractivity contribution in [2.24, 2.45) is 0 Å². The van der Waals surface area contributed by atoms with Gasteiger partial charge in [-0.15, -0.1) is 0 Å². The zero-order valence-corrected chi connectivity index (χ0v) is 12.8. The SMILES string of the molecule is CCC1=C(C)OC(C=Cc2ccc(N(C)C)cc2)=CC1. The van der Waals surface area contributed by atoms with Gasteiger partial charge in [0.15, 0.2) is 0 Å². The molecule has 1 heterocycles. The van der Waals surface area contributed by atoms with E-state index in [-0.39, 0.29) is 0 Å². The first-order chi connectivity index (χ1) is 9.60. The molecule has 0 spiro atoms. The average Bonchev–Trinajstić information content (AvgIpc) is 2.45. The van der Waals surface area contributed by atoms with Crippen LogP contribution in [0.5, 0.6) is 0 Å². The third-order valence-electron chi connectivity index (χ3n) is 3.59. The van der Waals surface area contributed by atoms with Gasteiger partial charge < -0.3 is 9.64 Å². The van der Waals surface area contributed by atoms with Gasteiger partial charge in [0.1, 0.15) is 11.5 Å². The summed E-state index contributed by atoms with van der Waals surface area (Å²) in [7, 11) is 4.10. The highest BCUT2D eigenvalue weighted by Gasteiger charge is 2.08. The minimum atomic E-state index is 0.941. The van der Waals surface area contributed by atoms with Crippen LogP contribution in [0.3, 0.4) is 0 Å². The van der Waals surface area contributed by atoms with Gasteiger partial charge >= 0.3 is 0 Å². The third-order valence-corrected chi connectivity index (χ3v) is 3.59. The Kier molecular flexibility index (Phi) is 4.67.